The first-order valence-corrected chi connectivity index (χ1v) is 10.8. The number of pyridine rings is 1. The number of hydrogen-bond acceptors (Lipinski definition) is 6. The Hall–Kier alpha value is -2.75. The quantitative estimate of drug-likeness (QED) is 0.590. The maximum atomic E-state index is 13.1. The normalized spacial score (nSPS) is 16.2. The summed E-state index contributed by atoms with van der Waals surface area (Å²) in [6, 6.07) is 14.1. The molecule has 1 aliphatic heterocycles. The van der Waals surface area contributed by atoms with Crippen LogP contribution in [0.5, 0.6) is 0 Å². The van der Waals surface area contributed by atoms with Crippen LogP contribution in [0.2, 0.25) is 0 Å². The van der Waals surface area contributed by atoms with Crippen molar-refractivity contribution in [2.45, 2.75) is 11.4 Å². The van der Waals surface area contributed by atoms with Crippen LogP contribution < -0.4 is 0 Å². The third-order valence-corrected chi connectivity index (χ3v) is 7.00. The van der Waals surface area contributed by atoms with Crippen LogP contribution in [0.4, 0.5) is 0 Å². The molecule has 0 unspecified atom stereocenters. The summed E-state index contributed by atoms with van der Waals surface area (Å²) in [7, 11) is -2.54. The Morgan fingerprint density at radius 2 is 1.79 bits per heavy atom. The van der Waals surface area contributed by atoms with Gasteiger partial charge in [0.15, 0.2) is 0 Å². The largest absolute Gasteiger partial charge is 0.465 e. The number of carbonyl (C=O) groups is 1. The lowest BCUT2D eigenvalue weighted by Crippen LogP contribution is -2.48. The minimum absolute atomic E-state index is 0.0133. The van der Waals surface area contributed by atoms with E-state index in [1.165, 1.54) is 23.5 Å². The van der Waals surface area contributed by atoms with Gasteiger partial charge in [-0.15, -0.1) is 0 Å². The zero-order valence-electron chi connectivity index (χ0n) is 16.1. The second-order valence-electron chi connectivity index (χ2n) is 6.87. The second-order valence-corrected chi connectivity index (χ2v) is 8.78. The van der Waals surface area contributed by atoms with Gasteiger partial charge in [-0.1, -0.05) is 18.2 Å². The highest BCUT2D eigenvalue weighted by Gasteiger charge is 2.31. The zero-order chi connectivity index (χ0) is 20.4. The average molecular weight is 414 g/mol. The van der Waals surface area contributed by atoms with Gasteiger partial charge in [-0.05, 0) is 30.3 Å². The Labute approximate surface area is 169 Å². The molecule has 29 heavy (non-hydrogen) atoms. The van der Waals surface area contributed by atoms with E-state index in [2.05, 4.69) is 10.00 Å². The summed E-state index contributed by atoms with van der Waals surface area (Å²) in [5.74, 6) is -0.658. The van der Waals surface area contributed by atoms with Crippen LogP contribution in [0.1, 0.15) is 16.1 Å². The molecule has 9 heteroatoms. The summed E-state index contributed by atoms with van der Waals surface area (Å²) in [4.78, 5) is 14.1. The van der Waals surface area contributed by atoms with Crippen molar-refractivity contribution in [3.05, 3.63) is 66.0 Å². The van der Waals surface area contributed by atoms with Gasteiger partial charge < -0.3 is 4.74 Å². The number of rotatable bonds is 5. The minimum Gasteiger partial charge on any atom is -0.465 e. The molecule has 1 aliphatic rings. The van der Waals surface area contributed by atoms with Gasteiger partial charge in [0.05, 0.1) is 28.8 Å². The lowest BCUT2D eigenvalue weighted by atomic mass is 10.2. The Kier molecular flexibility index (Phi) is 5.35. The van der Waals surface area contributed by atoms with Crippen molar-refractivity contribution in [1.82, 2.24) is 18.8 Å². The fraction of sp³-hybridized carbons (Fsp3) is 0.300. The van der Waals surface area contributed by atoms with Crippen LogP contribution in [0.25, 0.3) is 5.52 Å². The molecule has 0 atom stereocenters. The van der Waals surface area contributed by atoms with Crippen molar-refractivity contribution in [2.75, 3.05) is 33.3 Å². The predicted octanol–water partition coefficient (Wildman–Crippen LogP) is 1.63. The maximum absolute atomic E-state index is 13.1. The highest BCUT2D eigenvalue weighted by Crippen LogP contribution is 2.22. The molecule has 1 fully saturated rings. The number of sulfonamides is 1. The Balaban J connectivity index is 1.46. The van der Waals surface area contributed by atoms with Crippen molar-refractivity contribution in [1.29, 1.82) is 0 Å². The number of piperazine rings is 1. The number of fused-ring (bicyclic) bond motifs is 1. The van der Waals surface area contributed by atoms with Gasteiger partial charge in [-0.3, -0.25) is 4.90 Å². The van der Waals surface area contributed by atoms with Crippen LogP contribution >= 0.6 is 0 Å². The molecule has 152 valence electrons. The molecule has 3 heterocycles. The minimum atomic E-state index is -3.78. The molecular weight excluding hydrogens is 392 g/mol. The number of esters is 1. The van der Waals surface area contributed by atoms with Crippen LogP contribution in [0.15, 0.2) is 59.6 Å². The number of methoxy groups -OCH3 is 1. The fourth-order valence-corrected chi connectivity index (χ4v) is 5.14. The zero-order valence-corrected chi connectivity index (χ0v) is 16.9. The lowest BCUT2D eigenvalue weighted by Gasteiger charge is -2.33. The molecule has 0 amide bonds. The van der Waals surface area contributed by atoms with E-state index in [4.69, 9.17) is 4.74 Å². The average Bonchev–Trinajstić information content (AvgIpc) is 3.16. The van der Waals surface area contributed by atoms with E-state index in [9.17, 15) is 13.2 Å². The number of hydrogen-bond donors (Lipinski definition) is 0. The molecule has 0 radical (unpaired) electrons. The monoisotopic (exact) mass is 414 g/mol. The number of benzene rings is 1. The van der Waals surface area contributed by atoms with Gasteiger partial charge in [-0.25, -0.2) is 17.7 Å². The van der Waals surface area contributed by atoms with Crippen LogP contribution in [-0.2, 0) is 21.3 Å². The van der Waals surface area contributed by atoms with E-state index in [1.54, 1.807) is 12.1 Å². The van der Waals surface area contributed by atoms with E-state index in [1.807, 2.05) is 35.0 Å². The van der Waals surface area contributed by atoms with Crippen molar-refractivity contribution in [3.63, 3.8) is 0 Å². The summed E-state index contributed by atoms with van der Waals surface area (Å²) in [6.07, 6.45) is 1.90. The van der Waals surface area contributed by atoms with E-state index in [-0.39, 0.29) is 10.5 Å². The summed E-state index contributed by atoms with van der Waals surface area (Å²) in [5, 5.41) is 4.55. The van der Waals surface area contributed by atoms with Gasteiger partial charge >= 0.3 is 5.97 Å². The van der Waals surface area contributed by atoms with E-state index >= 15 is 0 Å². The third-order valence-electron chi connectivity index (χ3n) is 5.05. The first kappa shape index (κ1) is 19.6. The smallest absolute Gasteiger partial charge is 0.339 e. The molecule has 1 saturated heterocycles. The summed E-state index contributed by atoms with van der Waals surface area (Å²) in [6.45, 7) is 2.55. The Morgan fingerprint density at radius 1 is 1.07 bits per heavy atom. The fourth-order valence-electron chi connectivity index (χ4n) is 3.53. The van der Waals surface area contributed by atoms with Gasteiger partial charge in [0, 0.05) is 38.9 Å². The first-order chi connectivity index (χ1) is 14.0. The second kappa shape index (κ2) is 7.94. The van der Waals surface area contributed by atoms with Crippen molar-refractivity contribution in [3.8, 4) is 0 Å². The third kappa shape index (κ3) is 3.89. The molecule has 0 N–H and O–H groups in total. The maximum Gasteiger partial charge on any atom is 0.339 e. The highest BCUT2D eigenvalue weighted by atomic mass is 32.2. The van der Waals surface area contributed by atoms with Crippen LogP contribution in [0, 0.1) is 0 Å². The van der Waals surface area contributed by atoms with Gasteiger partial charge in [0.25, 0.3) is 0 Å². The summed E-state index contributed by atoms with van der Waals surface area (Å²) < 4.78 is 34.2. The molecule has 2 aromatic heterocycles. The number of carbonyl (C=O) groups excluding carboxylic acids is 1. The topological polar surface area (TPSA) is 84.2 Å². The molecule has 8 nitrogen and oxygen atoms in total. The van der Waals surface area contributed by atoms with E-state index in [0.29, 0.717) is 32.7 Å². The molecule has 0 aliphatic carbocycles. The van der Waals surface area contributed by atoms with Gasteiger partial charge in [0.2, 0.25) is 10.0 Å². The first-order valence-electron chi connectivity index (χ1n) is 9.32. The summed E-state index contributed by atoms with van der Waals surface area (Å²) >= 11 is 0. The molecular formula is C20H22N4O4S. The lowest BCUT2D eigenvalue weighted by molar-refractivity contribution is 0.0596. The summed E-state index contributed by atoms with van der Waals surface area (Å²) in [5.41, 5.74) is 2.04. The predicted molar refractivity (Wildman–Crippen MR) is 107 cm³/mol. The van der Waals surface area contributed by atoms with Crippen molar-refractivity contribution >= 4 is 21.5 Å². The van der Waals surface area contributed by atoms with E-state index in [0.717, 1.165) is 11.2 Å². The van der Waals surface area contributed by atoms with Crippen LogP contribution in [-0.4, -0.2) is 66.5 Å². The molecule has 3 aromatic rings. The highest BCUT2D eigenvalue weighted by molar-refractivity contribution is 7.89. The Morgan fingerprint density at radius 3 is 2.52 bits per heavy atom. The molecule has 0 bridgehead atoms. The number of ether oxygens (including phenoxy) is 1. The molecule has 1 aromatic carbocycles. The van der Waals surface area contributed by atoms with Gasteiger partial charge in [0.1, 0.15) is 0 Å². The number of aromatic nitrogens is 2. The molecule has 0 spiro atoms. The molecule has 0 saturated carbocycles. The van der Waals surface area contributed by atoms with Crippen molar-refractivity contribution in [2.24, 2.45) is 0 Å². The standard InChI is InChI=1S/C20H22N4O4S/c1-28-20(25)18-7-2-3-8-19(18)29(26,27)23-12-10-22(11-13-23)15-16-14-17-6-4-5-9-24(17)21-16/h2-9,14H,10-13,15H2,1H3. The SMILES string of the molecule is COC(=O)c1ccccc1S(=O)(=O)N1CCN(Cc2cc3ccccn3n2)CC1. The van der Waals surface area contributed by atoms with Crippen molar-refractivity contribution < 1.29 is 17.9 Å². The Bertz CT molecular complexity index is 1100. The van der Waals surface area contributed by atoms with Crippen LogP contribution in [0.3, 0.4) is 0 Å². The number of nitrogens with zero attached hydrogens (tertiary/aromatic N) is 4. The molecule has 4 rings (SSSR count). The van der Waals surface area contributed by atoms with E-state index < -0.39 is 16.0 Å². The van der Waals surface area contributed by atoms with Gasteiger partial charge in [-0.2, -0.15) is 9.40 Å².